The monoisotopic (exact) mass is 317 g/mol. The fraction of sp³-hybridized carbons (Fsp3) is 0. The van der Waals surface area contributed by atoms with E-state index in [4.69, 9.17) is 15.1 Å². The highest BCUT2D eigenvalue weighted by Gasteiger charge is 2.12. The first-order valence-electron chi connectivity index (χ1n) is 5.31. The van der Waals surface area contributed by atoms with Crippen molar-refractivity contribution in [1.82, 2.24) is 0 Å². The Bertz CT molecular complexity index is 659. The molecule has 4 nitrogen and oxygen atoms in total. The number of hydrogen-bond acceptors (Lipinski definition) is 3. The smallest absolute Gasteiger partial charge is 0.339 e. The predicted octanol–water partition coefficient (Wildman–Crippen LogP) is 3.81. The minimum atomic E-state index is -1.06. The van der Waals surface area contributed by atoms with E-state index in [-0.39, 0.29) is 11.3 Å². The minimum absolute atomic E-state index is 0.0683. The van der Waals surface area contributed by atoms with Crippen LogP contribution in [0.2, 0.25) is 0 Å². The predicted molar refractivity (Wildman–Crippen MR) is 72.3 cm³/mol. The van der Waals surface area contributed by atoms with E-state index in [1.807, 2.05) is 6.07 Å². The fourth-order valence-electron chi connectivity index (χ4n) is 1.48. The number of aromatic carboxylic acids is 1. The van der Waals surface area contributed by atoms with Crippen molar-refractivity contribution in [3.05, 3.63) is 58.1 Å². The first-order chi connectivity index (χ1) is 9.10. The zero-order valence-corrected chi connectivity index (χ0v) is 11.2. The van der Waals surface area contributed by atoms with Crippen molar-refractivity contribution in [2.75, 3.05) is 0 Å². The second-order valence-corrected chi connectivity index (χ2v) is 4.60. The van der Waals surface area contributed by atoms with Crippen LogP contribution in [-0.4, -0.2) is 11.1 Å². The van der Waals surface area contributed by atoms with E-state index in [1.54, 1.807) is 36.4 Å². The quantitative estimate of drug-likeness (QED) is 0.934. The van der Waals surface area contributed by atoms with Gasteiger partial charge in [0.1, 0.15) is 17.1 Å². The number of carboxylic acid groups (broad SMARTS) is 1. The molecule has 0 saturated carbocycles. The average molecular weight is 318 g/mol. The number of carboxylic acids is 1. The number of nitriles is 1. The van der Waals surface area contributed by atoms with E-state index in [2.05, 4.69) is 15.9 Å². The van der Waals surface area contributed by atoms with E-state index in [0.29, 0.717) is 15.8 Å². The lowest BCUT2D eigenvalue weighted by Crippen LogP contribution is -2.00. The van der Waals surface area contributed by atoms with Gasteiger partial charge in [-0.25, -0.2) is 4.79 Å². The van der Waals surface area contributed by atoms with Gasteiger partial charge in [0.2, 0.25) is 0 Å². The van der Waals surface area contributed by atoms with Crippen molar-refractivity contribution in [1.29, 1.82) is 5.26 Å². The van der Waals surface area contributed by atoms with Crippen LogP contribution in [0.3, 0.4) is 0 Å². The van der Waals surface area contributed by atoms with Gasteiger partial charge in [-0.15, -0.1) is 0 Å². The Labute approximate surface area is 118 Å². The molecule has 19 heavy (non-hydrogen) atoms. The highest BCUT2D eigenvalue weighted by atomic mass is 79.9. The molecule has 2 aromatic rings. The van der Waals surface area contributed by atoms with Crippen molar-refractivity contribution in [3.63, 3.8) is 0 Å². The van der Waals surface area contributed by atoms with Gasteiger partial charge in [0.15, 0.2) is 0 Å². The van der Waals surface area contributed by atoms with Gasteiger partial charge in [0.25, 0.3) is 0 Å². The topological polar surface area (TPSA) is 70.3 Å². The Kier molecular flexibility index (Phi) is 3.83. The molecule has 0 fully saturated rings. The molecule has 0 spiro atoms. The lowest BCUT2D eigenvalue weighted by Gasteiger charge is -2.09. The van der Waals surface area contributed by atoms with Gasteiger partial charge >= 0.3 is 5.97 Å². The first-order valence-corrected chi connectivity index (χ1v) is 6.10. The second-order valence-electron chi connectivity index (χ2n) is 3.68. The maximum Gasteiger partial charge on any atom is 0.339 e. The van der Waals surface area contributed by atoms with Gasteiger partial charge in [-0.3, -0.25) is 0 Å². The Hall–Kier alpha value is -2.32. The standard InChI is InChI=1S/C14H8BrNO3/c15-10-3-6-13(12(7-10)14(17)18)19-11-4-1-9(8-16)2-5-11/h1-7H,(H,17,18). The van der Waals surface area contributed by atoms with Gasteiger partial charge in [-0.05, 0) is 42.5 Å². The van der Waals surface area contributed by atoms with E-state index >= 15 is 0 Å². The van der Waals surface area contributed by atoms with Crippen LogP contribution in [0.25, 0.3) is 0 Å². The van der Waals surface area contributed by atoms with E-state index in [9.17, 15) is 4.79 Å². The maximum absolute atomic E-state index is 11.1. The third-order valence-electron chi connectivity index (χ3n) is 2.38. The molecule has 0 atom stereocenters. The molecule has 1 N–H and O–H groups in total. The summed E-state index contributed by atoms with van der Waals surface area (Å²) in [5, 5.41) is 17.8. The molecule has 0 aliphatic rings. The first kappa shape index (κ1) is 13.1. The molecule has 2 rings (SSSR count). The number of halogens is 1. The fourth-order valence-corrected chi connectivity index (χ4v) is 1.84. The summed E-state index contributed by atoms with van der Waals surface area (Å²) in [6.07, 6.45) is 0. The van der Waals surface area contributed by atoms with Gasteiger partial charge < -0.3 is 9.84 Å². The normalized spacial score (nSPS) is 9.68. The van der Waals surface area contributed by atoms with E-state index < -0.39 is 5.97 Å². The van der Waals surface area contributed by atoms with Crippen LogP contribution in [-0.2, 0) is 0 Å². The van der Waals surface area contributed by atoms with Crippen LogP contribution in [0.1, 0.15) is 15.9 Å². The van der Waals surface area contributed by atoms with Crippen LogP contribution in [0, 0.1) is 11.3 Å². The molecule has 2 aromatic carbocycles. The van der Waals surface area contributed by atoms with Crippen LogP contribution < -0.4 is 4.74 Å². The summed E-state index contributed by atoms with van der Waals surface area (Å²) in [6, 6.07) is 13.2. The zero-order chi connectivity index (χ0) is 13.8. The molecule has 0 saturated heterocycles. The van der Waals surface area contributed by atoms with Crippen molar-refractivity contribution < 1.29 is 14.6 Å². The zero-order valence-electron chi connectivity index (χ0n) is 9.63. The lowest BCUT2D eigenvalue weighted by atomic mass is 10.2. The van der Waals surface area contributed by atoms with Crippen LogP contribution >= 0.6 is 15.9 Å². The molecule has 0 heterocycles. The molecule has 0 amide bonds. The van der Waals surface area contributed by atoms with Crippen LogP contribution in [0.15, 0.2) is 46.9 Å². The number of carbonyl (C=O) groups is 1. The van der Waals surface area contributed by atoms with E-state index in [0.717, 1.165) is 0 Å². The minimum Gasteiger partial charge on any atom is -0.478 e. The third kappa shape index (κ3) is 3.12. The van der Waals surface area contributed by atoms with E-state index in [1.165, 1.54) is 6.07 Å². The van der Waals surface area contributed by atoms with Crippen molar-refractivity contribution >= 4 is 21.9 Å². The number of hydrogen-bond donors (Lipinski definition) is 1. The van der Waals surface area contributed by atoms with Gasteiger partial charge in [0.05, 0.1) is 11.6 Å². The Morgan fingerprint density at radius 1 is 1.21 bits per heavy atom. The van der Waals surface area contributed by atoms with Crippen molar-refractivity contribution in [3.8, 4) is 17.6 Å². The largest absolute Gasteiger partial charge is 0.478 e. The summed E-state index contributed by atoms with van der Waals surface area (Å²) in [7, 11) is 0. The number of ether oxygens (including phenoxy) is 1. The highest BCUT2D eigenvalue weighted by molar-refractivity contribution is 9.10. The van der Waals surface area contributed by atoms with Crippen LogP contribution in [0.4, 0.5) is 0 Å². The molecule has 5 heteroatoms. The second kappa shape index (κ2) is 5.55. The number of nitrogens with zero attached hydrogens (tertiary/aromatic N) is 1. The van der Waals surface area contributed by atoms with Crippen molar-refractivity contribution in [2.45, 2.75) is 0 Å². The average Bonchev–Trinajstić information content (AvgIpc) is 2.41. The molecule has 0 aliphatic carbocycles. The molecular weight excluding hydrogens is 310 g/mol. The summed E-state index contributed by atoms with van der Waals surface area (Å²) in [4.78, 5) is 11.1. The van der Waals surface area contributed by atoms with Gasteiger partial charge in [0, 0.05) is 4.47 Å². The third-order valence-corrected chi connectivity index (χ3v) is 2.88. The molecule has 0 bridgehead atoms. The summed E-state index contributed by atoms with van der Waals surface area (Å²) < 4.78 is 6.18. The SMILES string of the molecule is N#Cc1ccc(Oc2ccc(Br)cc2C(=O)O)cc1. The summed E-state index contributed by atoms with van der Waals surface area (Å²) in [5.41, 5.74) is 0.584. The molecule has 0 aromatic heterocycles. The van der Waals surface area contributed by atoms with Gasteiger partial charge in [-0.2, -0.15) is 5.26 Å². The van der Waals surface area contributed by atoms with Crippen molar-refractivity contribution in [2.24, 2.45) is 0 Å². The molecular formula is C14H8BrNO3. The highest BCUT2D eigenvalue weighted by Crippen LogP contribution is 2.28. The summed E-state index contributed by atoms with van der Waals surface area (Å²) in [6.45, 7) is 0. The summed E-state index contributed by atoms with van der Waals surface area (Å²) >= 11 is 3.21. The summed E-state index contributed by atoms with van der Waals surface area (Å²) in [5.74, 6) is -0.339. The molecule has 0 radical (unpaired) electrons. The van der Waals surface area contributed by atoms with Crippen LogP contribution in [0.5, 0.6) is 11.5 Å². The maximum atomic E-state index is 11.1. The Morgan fingerprint density at radius 2 is 1.89 bits per heavy atom. The molecule has 0 aliphatic heterocycles. The molecule has 94 valence electrons. The van der Waals surface area contributed by atoms with Gasteiger partial charge in [-0.1, -0.05) is 15.9 Å². The Balaban J connectivity index is 2.32. The Morgan fingerprint density at radius 3 is 2.47 bits per heavy atom. The number of rotatable bonds is 3. The number of benzene rings is 2. The lowest BCUT2D eigenvalue weighted by molar-refractivity contribution is 0.0694. The molecule has 0 unspecified atom stereocenters.